The van der Waals surface area contributed by atoms with Crippen LogP contribution < -0.4 is 0 Å². The highest BCUT2D eigenvalue weighted by atomic mass is 15.0. The summed E-state index contributed by atoms with van der Waals surface area (Å²) in [6, 6.07) is 2.33. The highest BCUT2D eigenvalue weighted by Crippen LogP contribution is 2.98. The van der Waals surface area contributed by atoms with Crippen LogP contribution in [0, 0.1) is 74.9 Å². The Morgan fingerprint density at radius 1 is 1.19 bits per heavy atom. The van der Waals surface area contributed by atoms with Gasteiger partial charge in [-0.3, -0.25) is 0 Å². The zero-order valence-electron chi connectivity index (χ0n) is 23.0. The van der Waals surface area contributed by atoms with Crippen molar-refractivity contribution in [3.63, 3.8) is 0 Å². The number of hydrogen-bond acceptors (Lipinski definition) is 1. The molecule has 0 aromatic rings. The first-order valence-electron chi connectivity index (χ1n) is 14.8. The highest BCUT2D eigenvalue weighted by molar-refractivity contribution is 5.56. The number of hydrogen-bond donors (Lipinski definition) is 0. The van der Waals surface area contributed by atoms with E-state index in [0.717, 1.165) is 59.3 Å². The van der Waals surface area contributed by atoms with E-state index in [2.05, 4.69) is 53.3 Å². The van der Waals surface area contributed by atoms with E-state index < -0.39 is 0 Å². The third-order valence-electron chi connectivity index (χ3n) is 13.5. The average molecular weight is 502 g/mol. The van der Waals surface area contributed by atoms with Gasteiger partial charge in [0.15, 0.2) is 0 Å². The zero-order valence-corrected chi connectivity index (χ0v) is 23.0. The van der Waals surface area contributed by atoms with Crippen LogP contribution in [0.5, 0.6) is 0 Å². The van der Waals surface area contributed by atoms with E-state index in [0.29, 0.717) is 22.7 Å². The van der Waals surface area contributed by atoms with E-state index in [9.17, 15) is 5.26 Å². The second-order valence-electron chi connectivity index (χ2n) is 14.1. The Kier molecular flexibility index (Phi) is 7.14. The summed E-state index contributed by atoms with van der Waals surface area (Å²) < 4.78 is 0. The fourth-order valence-electron chi connectivity index (χ4n) is 11.6. The van der Waals surface area contributed by atoms with Gasteiger partial charge in [0.1, 0.15) is 0 Å². The summed E-state index contributed by atoms with van der Waals surface area (Å²) >= 11 is 0. The van der Waals surface area contributed by atoms with Crippen LogP contribution in [0.4, 0.5) is 0 Å². The number of allylic oxidation sites excluding steroid dienone is 6. The smallest absolute Gasteiger partial charge is 0.0669 e. The van der Waals surface area contributed by atoms with Crippen LogP contribution in [0.3, 0.4) is 0 Å². The molecule has 0 amide bonds. The minimum absolute atomic E-state index is 0. The van der Waals surface area contributed by atoms with Crippen molar-refractivity contribution >= 4 is 0 Å². The Morgan fingerprint density at radius 2 is 1.92 bits per heavy atom. The molecule has 0 N–H and O–H groups in total. The molecule has 11 unspecified atom stereocenters. The van der Waals surface area contributed by atoms with E-state index in [1.54, 1.807) is 0 Å². The molecule has 11 atom stereocenters. The average Bonchev–Trinajstić information content (AvgIpc) is 3.68. The van der Waals surface area contributed by atoms with Crippen molar-refractivity contribution in [2.75, 3.05) is 0 Å². The molecule has 6 aliphatic rings. The molecule has 0 radical (unpaired) electrons. The minimum Gasteiger partial charge on any atom is -0.198 e. The summed E-state index contributed by atoms with van der Waals surface area (Å²) in [6.07, 6.45) is 16.1. The Bertz CT molecular complexity index is 1070. The second kappa shape index (κ2) is 9.28. The quantitative estimate of drug-likeness (QED) is 0.318. The maximum absolute atomic E-state index is 9.20. The monoisotopic (exact) mass is 501 g/mol. The topological polar surface area (TPSA) is 23.8 Å². The second-order valence-corrected chi connectivity index (χ2v) is 14.1. The summed E-state index contributed by atoms with van der Waals surface area (Å²) in [4.78, 5) is 0. The Morgan fingerprint density at radius 3 is 2.57 bits per heavy atom. The fraction of sp³-hybridized carbons (Fsp3) is 0.750. The summed E-state index contributed by atoms with van der Waals surface area (Å²) in [6.45, 7) is 21.1. The number of fused-ring (bicyclic) bond motifs is 6. The van der Waals surface area contributed by atoms with Crippen LogP contribution in [-0.2, 0) is 0 Å². The van der Waals surface area contributed by atoms with Crippen molar-refractivity contribution in [1.29, 1.82) is 5.26 Å². The van der Waals surface area contributed by atoms with Gasteiger partial charge in [0.2, 0.25) is 0 Å². The van der Waals surface area contributed by atoms with Crippen molar-refractivity contribution < 1.29 is 0 Å². The van der Waals surface area contributed by atoms with E-state index in [1.165, 1.54) is 61.7 Å². The molecule has 1 heteroatoms. The molecule has 1 nitrogen and oxygen atoms in total. The Hall–Kier alpha value is -1.55. The highest BCUT2D eigenvalue weighted by Gasteiger charge is 2.94. The lowest BCUT2D eigenvalue weighted by Gasteiger charge is -2.60. The molecule has 5 fully saturated rings. The van der Waals surface area contributed by atoms with Crippen molar-refractivity contribution in [3.8, 4) is 6.07 Å². The van der Waals surface area contributed by atoms with Crippen LogP contribution in [0.2, 0.25) is 0 Å². The largest absolute Gasteiger partial charge is 0.198 e. The number of nitrogens with zero attached hydrogens (tertiary/aromatic N) is 1. The molecular weight excluding hydrogens is 446 g/mol. The minimum atomic E-state index is 0. The van der Waals surface area contributed by atoms with E-state index in [-0.39, 0.29) is 14.9 Å². The van der Waals surface area contributed by atoms with Gasteiger partial charge in [-0.05, 0) is 128 Å². The van der Waals surface area contributed by atoms with Gasteiger partial charge in [0, 0.05) is 5.41 Å². The molecule has 6 rings (SSSR count). The summed E-state index contributed by atoms with van der Waals surface area (Å²) in [5, 5.41) is 9.20. The van der Waals surface area contributed by atoms with Gasteiger partial charge in [0.05, 0.1) is 12.5 Å². The van der Waals surface area contributed by atoms with Crippen LogP contribution in [-0.4, -0.2) is 0 Å². The van der Waals surface area contributed by atoms with Crippen LogP contribution >= 0.6 is 0 Å². The van der Waals surface area contributed by atoms with Gasteiger partial charge in [-0.15, -0.1) is 0 Å². The molecule has 6 aliphatic carbocycles. The molecule has 0 heterocycles. The summed E-state index contributed by atoms with van der Waals surface area (Å²) in [5.74, 6) is 7.24. The maximum atomic E-state index is 9.20. The first-order chi connectivity index (χ1) is 16.7. The van der Waals surface area contributed by atoms with Crippen molar-refractivity contribution in [3.05, 3.63) is 47.6 Å². The molecule has 0 bridgehead atoms. The van der Waals surface area contributed by atoms with Gasteiger partial charge >= 0.3 is 0 Å². The van der Waals surface area contributed by atoms with Gasteiger partial charge in [-0.25, -0.2) is 0 Å². The molecule has 0 aromatic heterocycles. The summed E-state index contributed by atoms with van der Waals surface area (Å²) in [5.41, 5.74) is 7.14. The Labute approximate surface area is 229 Å². The zero-order chi connectivity index (χ0) is 24.9. The Balaban J connectivity index is 0.00000160. The van der Waals surface area contributed by atoms with Crippen LogP contribution in [0.1, 0.15) is 107 Å². The third-order valence-corrected chi connectivity index (χ3v) is 13.5. The van der Waals surface area contributed by atoms with Gasteiger partial charge in [0.25, 0.3) is 0 Å². The van der Waals surface area contributed by atoms with E-state index >= 15 is 0 Å². The van der Waals surface area contributed by atoms with E-state index in [1.807, 2.05) is 6.08 Å². The molecule has 204 valence electrons. The van der Waals surface area contributed by atoms with Crippen molar-refractivity contribution in [2.45, 2.75) is 107 Å². The third kappa shape index (κ3) is 3.39. The normalized spacial score (nSPS) is 47.2. The molecule has 0 aliphatic heterocycles. The fourth-order valence-corrected chi connectivity index (χ4v) is 11.6. The SMILES string of the molecule is C.C.C=C/C(CC#N)=C(/C)CC(CC)CC1CCC2C3CC4C5C6C=C(C)C(=C)C(C)(C3CCC12C)C645. The van der Waals surface area contributed by atoms with Gasteiger partial charge in [-0.2, -0.15) is 5.26 Å². The standard InChI is InChI=1S/C34H47N.2CH4/c1-8-23(16-21(4)24(9-2)13-15-35)18-25-10-11-27-26-19-30-31-29-17-20(3)22(5)33(7,34(29,30)31)28(26)12-14-32(25,27)6;;/h9,17,23,25-31H,2,5,8,10-14,16,18-19H2,1,3-4,6-7H3;2*1H4/b24-21+;;. The first-order valence-corrected chi connectivity index (χ1v) is 14.8. The molecular formula is C36H55N. The van der Waals surface area contributed by atoms with Crippen molar-refractivity contribution in [1.82, 2.24) is 0 Å². The molecule has 0 saturated heterocycles. The maximum Gasteiger partial charge on any atom is 0.0669 e. The first kappa shape index (κ1) is 28.5. The lowest BCUT2D eigenvalue weighted by atomic mass is 9.44. The predicted molar refractivity (Wildman–Crippen MR) is 159 cm³/mol. The predicted octanol–water partition coefficient (Wildman–Crippen LogP) is 10.3. The van der Waals surface area contributed by atoms with Crippen LogP contribution in [0.15, 0.2) is 47.6 Å². The molecule has 1 spiro atoms. The summed E-state index contributed by atoms with van der Waals surface area (Å²) in [7, 11) is 0. The van der Waals surface area contributed by atoms with Crippen molar-refractivity contribution in [2.24, 2.45) is 63.6 Å². The van der Waals surface area contributed by atoms with Crippen LogP contribution in [0.25, 0.3) is 0 Å². The van der Waals surface area contributed by atoms with E-state index in [4.69, 9.17) is 6.58 Å². The number of rotatable bonds is 7. The molecule has 0 aromatic carbocycles. The molecule has 5 saturated carbocycles. The van der Waals surface area contributed by atoms with Gasteiger partial charge in [-0.1, -0.05) is 78.5 Å². The lowest BCUT2D eigenvalue weighted by Crippen LogP contribution is -2.54. The molecule has 37 heavy (non-hydrogen) atoms. The van der Waals surface area contributed by atoms with Gasteiger partial charge < -0.3 is 0 Å². The lowest BCUT2D eigenvalue weighted by molar-refractivity contribution is -0.0867. The number of nitriles is 1.